The van der Waals surface area contributed by atoms with E-state index in [4.69, 9.17) is 0 Å². The van der Waals surface area contributed by atoms with Crippen LogP contribution >= 0.6 is 0 Å². The second-order valence-electron chi connectivity index (χ2n) is 7.72. The lowest BCUT2D eigenvalue weighted by atomic mass is 9.81. The largest absolute Gasteiger partial charge is 0.435 e. The zero-order valence-electron chi connectivity index (χ0n) is 14.1. The summed E-state index contributed by atoms with van der Waals surface area (Å²) in [6, 6.07) is 0.707. The van der Waals surface area contributed by atoms with Crippen LogP contribution in [0.1, 0.15) is 54.3 Å². The first-order valence-corrected chi connectivity index (χ1v) is 10.6. The average Bonchev–Trinajstić information content (AvgIpc) is 3.16. The molecule has 1 aromatic rings. The molecule has 0 radical (unpaired) electrons. The Kier molecular flexibility index (Phi) is 3.91. The molecule has 3 fully saturated rings. The molecule has 0 N–H and O–H groups in total. The van der Waals surface area contributed by atoms with Gasteiger partial charge in [0.2, 0.25) is 0 Å². The van der Waals surface area contributed by atoms with E-state index in [1.54, 1.807) is 4.90 Å². The van der Waals surface area contributed by atoms with E-state index < -0.39 is 27.6 Å². The molecule has 10 heteroatoms. The summed E-state index contributed by atoms with van der Waals surface area (Å²) in [5, 5.41) is 3.62. The third-order valence-electron chi connectivity index (χ3n) is 5.75. The van der Waals surface area contributed by atoms with Gasteiger partial charge in [0.15, 0.2) is 5.69 Å². The Hall–Kier alpha value is -1.58. The zero-order chi connectivity index (χ0) is 18.7. The van der Waals surface area contributed by atoms with E-state index >= 15 is 0 Å². The SMILES string of the molecule is O=C(c1cc(C(F)(F)F)nn1C1CC1)N1CCC2(CCS(=O)(=O)CC2)C1. The van der Waals surface area contributed by atoms with Gasteiger partial charge in [0.25, 0.3) is 5.91 Å². The Bertz CT molecular complexity index is 829. The molecule has 26 heavy (non-hydrogen) atoms. The molecule has 144 valence electrons. The van der Waals surface area contributed by atoms with Crippen molar-refractivity contribution in [3.63, 3.8) is 0 Å². The first kappa shape index (κ1) is 17.8. The topological polar surface area (TPSA) is 72.3 Å². The number of nitrogens with zero attached hydrogens (tertiary/aromatic N) is 3. The van der Waals surface area contributed by atoms with E-state index in [2.05, 4.69) is 5.10 Å². The number of aromatic nitrogens is 2. The molecule has 1 spiro atoms. The zero-order valence-corrected chi connectivity index (χ0v) is 14.9. The second-order valence-corrected chi connectivity index (χ2v) is 10.0. The molecule has 1 amide bonds. The van der Waals surface area contributed by atoms with Gasteiger partial charge in [0.05, 0.1) is 17.5 Å². The van der Waals surface area contributed by atoms with Gasteiger partial charge in [-0.15, -0.1) is 0 Å². The van der Waals surface area contributed by atoms with Crippen molar-refractivity contribution in [1.29, 1.82) is 0 Å². The van der Waals surface area contributed by atoms with Gasteiger partial charge in [-0.25, -0.2) is 8.42 Å². The quantitative estimate of drug-likeness (QED) is 0.775. The van der Waals surface area contributed by atoms with Gasteiger partial charge < -0.3 is 4.90 Å². The highest BCUT2D eigenvalue weighted by atomic mass is 32.2. The molecule has 0 aromatic carbocycles. The number of carbonyl (C=O) groups is 1. The maximum absolute atomic E-state index is 13.0. The monoisotopic (exact) mass is 391 g/mol. The van der Waals surface area contributed by atoms with Crippen LogP contribution in [0.2, 0.25) is 0 Å². The Morgan fingerprint density at radius 1 is 1.19 bits per heavy atom. The molecule has 0 unspecified atom stereocenters. The second kappa shape index (κ2) is 5.71. The average molecular weight is 391 g/mol. The Morgan fingerprint density at radius 2 is 1.85 bits per heavy atom. The highest BCUT2D eigenvalue weighted by Gasteiger charge is 2.45. The number of rotatable bonds is 2. The maximum atomic E-state index is 13.0. The molecule has 1 aromatic heterocycles. The predicted octanol–water partition coefficient (Wildman–Crippen LogP) is 2.28. The van der Waals surface area contributed by atoms with Crippen molar-refractivity contribution in [1.82, 2.24) is 14.7 Å². The molecule has 2 aliphatic heterocycles. The van der Waals surface area contributed by atoms with Crippen LogP contribution in [0.4, 0.5) is 13.2 Å². The lowest BCUT2D eigenvalue weighted by molar-refractivity contribution is -0.141. The Labute approximate surface area is 149 Å². The predicted molar refractivity (Wildman–Crippen MR) is 86.3 cm³/mol. The van der Waals surface area contributed by atoms with Crippen molar-refractivity contribution in [2.24, 2.45) is 5.41 Å². The van der Waals surface area contributed by atoms with E-state index in [-0.39, 0.29) is 28.7 Å². The number of carbonyl (C=O) groups excluding carboxylic acids is 1. The van der Waals surface area contributed by atoms with E-state index in [0.717, 1.165) is 18.9 Å². The van der Waals surface area contributed by atoms with Gasteiger partial charge in [-0.05, 0) is 37.5 Å². The van der Waals surface area contributed by atoms with Crippen LogP contribution < -0.4 is 0 Å². The molecular formula is C16H20F3N3O3S. The van der Waals surface area contributed by atoms with Crippen molar-refractivity contribution in [3.05, 3.63) is 17.5 Å². The van der Waals surface area contributed by atoms with Crippen LogP contribution in [0, 0.1) is 5.41 Å². The molecule has 3 heterocycles. The van der Waals surface area contributed by atoms with E-state index in [1.807, 2.05) is 0 Å². The van der Waals surface area contributed by atoms with E-state index in [9.17, 15) is 26.4 Å². The van der Waals surface area contributed by atoms with Gasteiger partial charge in [-0.1, -0.05) is 0 Å². The van der Waals surface area contributed by atoms with E-state index in [1.165, 1.54) is 4.68 Å². The Morgan fingerprint density at radius 3 is 2.42 bits per heavy atom. The van der Waals surface area contributed by atoms with Crippen molar-refractivity contribution in [2.75, 3.05) is 24.6 Å². The summed E-state index contributed by atoms with van der Waals surface area (Å²) in [7, 11) is -3.00. The third kappa shape index (κ3) is 3.23. The molecule has 4 rings (SSSR count). The first-order chi connectivity index (χ1) is 12.1. The summed E-state index contributed by atoms with van der Waals surface area (Å²) in [5.74, 6) is -0.203. The highest BCUT2D eigenvalue weighted by molar-refractivity contribution is 7.91. The lowest BCUT2D eigenvalue weighted by Gasteiger charge is -2.33. The van der Waals surface area contributed by atoms with Crippen molar-refractivity contribution in [3.8, 4) is 0 Å². The van der Waals surface area contributed by atoms with E-state index in [0.29, 0.717) is 32.4 Å². The first-order valence-electron chi connectivity index (χ1n) is 8.75. The van der Waals surface area contributed by atoms with Gasteiger partial charge >= 0.3 is 6.18 Å². The van der Waals surface area contributed by atoms with Gasteiger partial charge in [0, 0.05) is 19.2 Å². The summed E-state index contributed by atoms with van der Waals surface area (Å²) >= 11 is 0. The summed E-state index contributed by atoms with van der Waals surface area (Å²) in [4.78, 5) is 14.4. The number of amides is 1. The highest BCUT2D eigenvalue weighted by Crippen LogP contribution is 2.42. The van der Waals surface area contributed by atoms with Crippen molar-refractivity contribution < 1.29 is 26.4 Å². The summed E-state index contributed by atoms with van der Waals surface area (Å²) in [6.45, 7) is 0.842. The summed E-state index contributed by atoms with van der Waals surface area (Å²) in [6.07, 6.45) is -1.43. The molecule has 0 bridgehead atoms. The summed E-state index contributed by atoms with van der Waals surface area (Å²) < 4.78 is 63.5. The molecule has 6 nitrogen and oxygen atoms in total. The normalized spacial score (nSPS) is 25.0. The smallest absolute Gasteiger partial charge is 0.337 e. The van der Waals surface area contributed by atoms with Gasteiger partial charge in [-0.3, -0.25) is 9.48 Å². The van der Waals surface area contributed by atoms with Crippen molar-refractivity contribution in [2.45, 2.75) is 44.3 Å². The van der Waals surface area contributed by atoms with Crippen LogP contribution in [0.15, 0.2) is 6.07 Å². The number of hydrogen-bond donors (Lipinski definition) is 0. The maximum Gasteiger partial charge on any atom is 0.435 e. The number of hydrogen-bond acceptors (Lipinski definition) is 4. The number of likely N-dealkylation sites (tertiary alicyclic amines) is 1. The molecule has 2 saturated heterocycles. The molecule has 3 aliphatic rings. The van der Waals surface area contributed by atoms with Gasteiger partial charge in [-0.2, -0.15) is 18.3 Å². The fourth-order valence-electron chi connectivity index (χ4n) is 3.94. The fraction of sp³-hybridized carbons (Fsp3) is 0.750. The number of alkyl halides is 3. The standard InChI is InChI=1S/C16H20F3N3O3S/c17-16(18,19)13-9-12(22(20-13)11-1-2-11)14(23)21-6-3-15(10-21)4-7-26(24,25)8-5-15/h9,11H,1-8,10H2. The minimum Gasteiger partial charge on any atom is -0.337 e. The third-order valence-corrected chi connectivity index (χ3v) is 7.40. The molecule has 1 saturated carbocycles. The fourth-order valence-corrected chi connectivity index (χ4v) is 5.63. The molecule has 1 aliphatic carbocycles. The van der Waals surface area contributed by atoms with Crippen LogP contribution in [-0.4, -0.2) is 53.6 Å². The number of sulfone groups is 1. The minimum atomic E-state index is -4.58. The Balaban J connectivity index is 1.55. The number of halogens is 3. The van der Waals surface area contributed by atoms with Crippen LogP contribution in [-0.2, 0) is 16.0 Å². The van der Waals surface area contributed by atoms with Crippen LogP contribution in [0.25, 0.3) is 0 Å². The van der Waals surface area contributed by atoms with Crippen molar-refractivity contribution >= 4 is 15.7 Å². The summed E-state index contributed by atoms with van der Waals surface area (Å²) in [5.41, 5.74) is -1.27. The lowest BCUT2D eigenvalue weighted by Crippen LogP contribution is -2.38. The molecule has 0 atom stereocenters. The minimum absolute atomic E-state index is 0.0136. The molecular weight excluding hydrogens is 371 g/mol. The van der Waals surface area contributed by atoms with Crippen LogP contribution in [0.5, 0.6) is 0 Å². The van der Waals surface area contributed by atoms with Gasteiger partial charge in [0.1, 0.15) is 15.5 Å². The van der Waals surface area contributed by atoms with Crippen LogP contribution in [0.3, 0.4) is 0 Å².